The molecule has 2 atom stereocenters. The first-order valence-corrected chi connectivity index (χ1v) is 7.55. The van der Waals surface area contributed by atoms with Crippen LogP contribution in [0.15, 0.2) is 35.0 Å². The van der Waals surface area contributed by atoms with Crippen molar-refractivity contribution in [3.05, 3.63) is 53.2 Å². The lowest BCUT2D eigenvalue weighted by atomic mass is 10.1. The number of nitrogens with zero attached hydrogens (tertiary/aromatic N) is 1. The zero-order valence-corrected chi connectivity index (χ0v) is 13.5. The number of aromatic nitrogens is 1. The molecule has 22 heavy (non-hydrogen) atoms. The number of furan rings is 1. The monoisotopic (exact) mass is 301 g/mol. The molecule has 0 fully saturated rings. The molecule has 2 rings (SSSR count). The summed E-state index contributed by atoms with van der Waals surface area (Å²) in [5.41, 5.74) is 2.06. The quantitative estimate of drug-likeness (QED) is 0.882. The molecule has 5 nitrogen and oxygen atoms in total. The van der Waals surface area contributed by atoms with Gasteiger partial charge in [0.2, 0.25) is 0 Å². The van der Waals surface area contributed by atoms with Crippen LogP contribution in [-0.4, -0.2) is 11.0 Å². The van der Waals surface area contributed by atoms with E-state index in [0.29, 0.717) is 0 Å². The summed E-state index contributed by atoms with van der Waals surface area (Å²) in [6.07, 6.45) is 4.28. The van der Waals surface area contributed by atoms with Crippen molar-refractivity contribution < 1.29 is 9.21 Å². The highest BCUT2D eigenvalue weighted by atomic mass is 16.3. The Bertz CT molecular complexity index is 622. The number of hydrogen-bond acceptors (Lipinski definition) is 3. The molecule has 118 valence electrons. The van der Waals surface area contributed by atoms with E-state index in [-0.39, 0.29) is 18.1 Å². The highest BCUT2D eigenvalue weighted by Gasteiger charge is 2.17. The first kappa shape index (κ1) is 16.1. The Morgan fingerprint density at radius 3 is 2.50 bits per heavy atom. The standard InChI is InChI=1S/C17H23N3O2/c1-5-16(14-6-8-18-9-7-14)20-17(21)19-12(3)15-10-11(2)22-13(15)4/h6-10,12,16H,5H2,1-4H3,(H2,19,20,21)/t12-,16+/m0/s1. The van der Waals surface area contributed by atoms with E-state index < -0.39 is 0 Å². The van der Waals surface area contributed by atoms with Crippen LogP contribution >= 0.6 is 0 Å². The van der Waals surface area contributed by atoms with Crippen molar-refractivity contribution in [2.45, 2.75) is 46.2 Å². The van der Waals surface area contributed by atoms with Gasteiger partial charge in [0.15, 0.2) is 0 Å². The van der Waals surface area contributed by atoms with Gasteiger partial charge in [0.1, 0.15) is 11.5 Å². The number of aryl methyl sites for hydroxylation is 2. The number of carbonyl (C=O) groups excluding carboxylic acids is 1. The van der Waals surface area contributed by atoms with E-state index in [9.17, 15) is 4.79 Å². The van der Waals surface area contributed by atoms with Gasteiger partial charge in [-0.3, -0.25) is 4.98 Å². The van der Waals surface area contributed by atoms with Gasteiger partial charge in [-0.1, -0.05) is 6.92 Å². The Morgan fingerprint density at radius 2 is 1.95 bits per heavy atom. The van der Waals surface area contributed by atoms with E-state index in [2.05, 4.69) is 15.6 Å². The van der Waals surface area contributed by atoms with Gasteiger partial charge < -0.3 is 15.1 Å². The molecule has 0 bridgehead atoms. The molecule has 0 aliphatic carbocycles. The van der Waals surface area contributed by atoms with Gasteiger partial charge in [0.05, 0.1) is 12.1 Å². The largest absolute Gasteiger partial charge is 0.466 e. The molecule has 0 radical (unpaired) electrons. The molecule has 0 aromatic carbocycles. The average molecular weight is 301 g/mol. The van der Waals surface area contributed by atoms with Gasteiger partial charge in [0, 0.05) is 18.0 Å². The topological polar surface area (TPSA) is 67.2 Å². The number of urea groups is 1. The van der Waals surface area contributed by atoms with Crippen LogP contribution in [0.4, 0.5) is 4.79 Å². The molecule has 2 aromatic rings. The van der Waals surface area contributed by atoms with Crippen molar-refractivity contribution in [3.8, 4) is 0 Å². The van der Waals surface area contributed by atoms with E-state index in [1.807, 2.05) is 45.9 Å². The van der Waals surface area contributed by atoms with Crippen LogP contribution in [0.1, 0.15) is 55.0 Å². The molecule has 0 saturated heterocycles. The number of amides is 2. The van der Waals surface area contributed by atoms with Crippen LogP contribution in [0.2, 0.25) is 0 Å². The molecule has 2 amide bonds. The van der Waals surface area contributed by atoms with Crippen LogP contribution in [0, 0.1) is 13.8 Å². The maximum absolute atomic E-state index is 12.2. The zero-order valence-electron chi connectivity index (χ0n) is 13.5. The van der Waals surface area contributed by atoms with Crippen LogP contribution in [0.3, 0.4) is 0 Å². The molecule has 0 saturated carbocycles. The minimum absolute atomic E-state index is 0.0256. The second-order valence-electron chi connectivity index (χ2n) is 5.45. The van der Waals surface area contributed by atoms with E-state index in [4.69, 9.17) is 4.42 Å². The van der Waals surface area contributed by atoms with E-state index in [1.54, 1.807) is 12.4 Å². The minimum atomic E-state index is -0.186. The fraction of sp³-hybridized carbons (Fsp3) is 0.412. The van der Waals surface area contributed by atoms with Crippen molar-refractivity contribution >= 4 is 6.03 Å². The number of pyridine rings is 1. The zero-order chi connectivity index (χ0) is 16.1. The van der Waals surface area contributed by atoms with Crippen LogP contribution in [-0.2, 0) is 0 Å². The first-order valence-electron chi connectivity index (χ1n) is 7.55. The summed E-state index contributed by atoms with van der Waals surface area (Å²) in [7, 11) is 0. The van der Waals surface area contributed by atoms with Crippen LogP contribution < -0.4 is 10.6 Å². The van der Waals surface area contributed by atoms with Crippen molar-refractivity contribution in [2.24, 2.45) is 0 Å². The van der Waals surface area contributed by atoms with Crippen molar-refractivity contribution in [1.82, 2.24) is 15.6 Å². The minimum Gasteiger partial charge on any atom is -0.466 e. The lowest BCUT2D eigenvalue weighted by molar-refractivity contribution is 0.233. The number of nitrogens with one attached hydrogen (secondary N) is 2. The van der Waals surface area contributed by atoms with Gasteiger partial charge in [0.25, 0.3) is 0 Å². The van der Waals surface area contributed by atoms with Gasteiger partial charge in [-0.2, -0.15) is 0 Å². The Labute approximate surface area is 131 Å². The summed E-state index contributed by atoms with van der Waals surface area (Å²) in [5, 5.41) is 5.96. The van der Waals surface area contributed by atoms with Gasteiger partial charge in [-0.15, -0.1) is 0 Å². The Hall–Kier alpha value is -2.30. The lowest BCUT2D eigenvalue weighted by Gasteiger charge is -2.20. The highest BCUT2D eigenvalue weighted by molar-refractivity contribution is 5.75. The summed E-state index contributed by atoms with van der Waals surface area (Å²) in [6, 6.07) is 5.48. The highest BCUT2D eigenvalue weighted by Crippen LogP contribution is 2.21. The van der Waals surface area contributed by atoms with Gasteiger partial charge in [-0.05, 0) is 51.0 Å². The lowest BCUT2D eigenvalue weighted by Crippen LogP contribution is -2.39. The fourth-order valence-corrected chi connectivity index (χ4v) is 2.57. The number of carbonyl (C=O) groups is 1. The third kappa shape index (κ3) is 3.87. The second kappa shape index (κ2) is 7.11. The molecule has 2 N–H and O–H groups in total. The van der Waals surface area contributed by atoms with Gasteiger partial charge >= 0.3 is 6.03 Å². The summed E-state index contributed by atoms with van der Waals surface area (Å²) in [5.74, 6) is 1.69. The molecule has 0 unspecified atom stereocenters. The SMILES string of the molecule is CC[C@@H](NC(=O)N[C@@H](C)c1cc(C)oc1C)c1ccncc1. The van der Waals surface area contributed by atoms with Gasteiger partial charge in [-0.25, -0.2) is 4.79 Å². The van der Waals surface area contributed by atoms with Crippen molar-refractivity contribution in [3.63, 3.8) is 0 Å². The number of rotatable bonds is 5. The first-order chi connectivity index (χ1) is 10.5. The third-order valence-electron chi connectivity index (χ3n) is 3.72. The predicted octanol–water partition coefficient (Wildman–Crippen LogP) is 3.80. The Balaban J connectivity index is 1.98. The van der Waals surface area contributed by atoms with Crippen molar-refractivity contribution in [1.29, 1.82) is 0 Å². The molecule has 2 heterocycles. The fourth-order valence-electron chi connectivity index (χ4n) is 2.57. The Kier molecular flexibility index (Phi) is 5.20. The van der Waals surface area contributed by atoms with Crippen LogP contribution in [0.5, 0.6) is 0 Å². The van der Waals surface area contributed by atoms with E-state index in [0.717, 1.165) is 29.1 Å². The van der Waals surface area contributed by atoms with Crippen molar-refractivity contribution in [2.75, 3.05) is 0 Å². The molecular weight excluding hydrogens is 278 g/mol. The predicted molar refractivity (Wildman–Crippen MR) is 85.5 cm³/mol. The maximum atomic E-state index is 12.2. The normalized spacial score (nSPS) is 13.5. The summed E-state index contributed by atoms with van der Waals surface area (Å²) < 4.78 is 5.51. The molecule has 0 aliphatic heterocycles. The van der Waals surface area contributed by atoms with Crippen LogP contribution in [0.25, 0.3) is 0 Å². The van der Waals surface area contributed by atoms with E-state index >= 15 is 0 Å². The number of hydrogen-bond donors (Lipinski definition) is 2. The average Bonchev–Trinajstić information content (AvgIpc) is 2.84. The summed E-state index contributed by atoms with van der Waals surface area (Å²) in [4.78, 5) is 16.2. The molecule has 2 aromatic heterocycles. The molecule has 5 heteroatoms. The smallest absolute Gasteiger partial charge is 0.315 e. The second-order valence-corrected chi connectivity index (χ2v) is 5.45. The summed E-state index contributed by atoms with van der Waals surface area (Å²) >= 11 is 0. The molecular formula is C17H23N3O2. The van der Waals surface area contributed by atoms with E-state index in [1.165, 1.54) is 0 Å². The molecule has 0 aliphatic rings. The summed E-state index contributed by atoms with van der Waals surface area (Å²) in [6.45, 7) is 7.80. The third-order valence-corrected chi connectivity index (χ3v) is 3.72. The maximum Gasteiger partial charge on any atom is 0.315 e. The Morgan fingerprint density at radius 1 is 1.27 bits per heavy atom. The molecule has 0 spiro atoms.